The number of rotatable bonds is 3. The number of H-pyrrole nitrogens is 1. The van der Waals surface area contributed by atoms with Crippen molar-refractivity contribution in [1.82, 2.24) is 4.98 Å². The van der Waals surface area contributed by atoms with Gasteiger partial charge in [0.15, 0.2) is 0 Å². The quantitative estimate of drug-likeness (QED) is 0.801. The maximum Gasteiger partial charge on any atom is 0.305 e. The Morgan fingerprint density at radius 2 is 2.29 bits per heavy atom. The van der Waals surface area contributed by atoms with Gasteiger partial charge in [0.25, 0.3) is 0 Å². The minimum absolute atomic E-state index is 0.255. The molecule has 17 heavy (non-hydrogen) atoms. The maximum atomic E-state index is 13.0. The van der Waals surface area contributed by atoms with Crippen LogP contribution in [0, 0.1) is 5.82 Å². The lowest BCUT2D eigenvalue weighted by Gasteiger charge is -2.00. The van der Waals surface area contributed by atoms with Gasteiger partial charge in [0, 0.05) is 17.4 Å². The number of carbonyl (C=O) groups is 1. The third-order valence-corrected chi connectivity index (χ3v) is 2.71. The molecule has 5 heteroatoms. The molecule has 1 aromatic carbocycles. The van der Waals surface area contributed by atoms with E-state index in [1.807, 2.05) is 0 Å². The van der Waals surface area contributed by atoms with Gasteiger partial charge in [-0.2, -0.15) is 0 Å². The standard InChI is InChI=1S/C12H13FN2O2/c1-17-11(16)5-4-9-8-3-2-7(13)6-10(8)15-12(9)14/h2-3,6,15H,4-5,14H2,1H3. The van der Waals surface area contributed by atoms with Crippen LogP contribution in [-0.4, -0.2) is 18.1 Å². The highest BCUT2D eigenvalue weighted by Gasteiger charge is 2.11. The number of nitrogens with two attached hydrogens (primary N) is 1. The van der Waals surface area contributed by atoms with Crippen LogP contribution in [0.1, 0.15) is 12.0 Å². The van der Waals surface area contributed by atoms with Gasteiger partial charge >= 0.3 is 5.97 Å². The number of fused-ring (bicyclic) bond motifs is 1. The van der Waals surface area contributed by atoms with E-state index in [4.69, 9.17) is 5.73 Å². The predicted molar refractivity (Wildman–Crippen MR) is 63.0 cm³/mol. The lowest BCUT2D eigenvalue weighted by Crippen LogP contribution is -2.02. The zero-order valence-electron chi connectivity index (χ0n) is 9.42. The van der Waals surface area contributed by atoms with Crippen LogP contribution in [0.3, 0.4) is 0 Å². The number of ether oxygens (including phenoxy) is 1. The van der Waals surface area contributed by atoms with Gasteiger partial charge in [-0.25, -0.2) is 4.39 Å². The largest absolute Gasteiger partial charge is 0.469 e. The fourth-order valence-electron chi connectivity index (χ4n) is 1.85. The van der Waals surface area contributed by atoms with Crippen molar-refractivity contribution in [2.75, 3.05) is 12.8 Å². The van der Waals surface area contributed by atoms with E-state index in [2.05, 4.69) is 9.72 Å². The van der Waals surface area contributed by atoms with Crippen molar-refractivity contribution in [2.24, 2.45) is 0 Å². The zero-order valence-corrected chi connectivity index (χ0v) is 9.42. The zero-order chi connectivity index (χ0) is 12.4. The number of benzene rings is 1. The van der Waals surface area contributed by atoms with Crippen LogP contribution in [0.2, 0.25) is 0 Å². The van der Waals surface area contributed by atoms with E-state index in [9.17, 15) is 9.18 Å². The van der Waals surface area contributed by atoms with Crippen LogP contribution < -0.4 is 5.73 Å². The summed E-state index contributed by atoms with van der Waals surface area (Å²) in [4.78, 5) is 14.0. The van der Waals surface area contributed by atoms with E-state index in [1.54, 1.807) is 6.07 Å². The van der Waals surface area contributed by atoms with Crippen molar-refractivity contribution in [1.29, 1.82) is 0 Å². The highest BCUT2D eigenvalue weighted by molar-refractivity contribution is 5.88. The molecular weight excluding hydrogens is 223 g/mol. The smallest absolute Gasteiger partial charge is 0.305 e. The highest BCUT2D eigenvalue weighted by Crippen LogP contribution is 2.26. The number of halogens is 1. The minimum atomic E-state index is -0.321. The van der Waals surface area contributed by atoms with Crippen LogP contribution in [-0.2, 0) is 16.0 Å². The van der Waals surface area contributed by atoms with E-state index >= 15 is 0 Å². The summed E-state index contributed by atoms with van der Waals surface area (Å²) in [7, 11) is 1.34. The van der Waals surface area contributed by atoms with Crippen LogP contribution in [0.15, 0.2) is 18.2 Å². The Morgan fingerprint density at radius 3 is 3.00 bits per heavy atom. The van der Waals surface area contributed by atoms with E-state index in [-0.39, 0.29) is 18.2 Å². The van der Waals surface area contributed by atoms with Gasteiger partial charge in [0.05, 0.1) is 12.6 Å². The normalized spacial score (nSPS) is 10.7. The molecule has 2 aromatic rings. The summed E-state index contributed by atoms with van der Waals surface area (Å²) in [5, 5.41) is 0.841. The molecule has 90 valence electrons. The number of methoxy groups -OCH3 is 1. The molecule has 1 aromatic heterocycles. The molecule has 0 radical (unpaired) electrons. The van der Waals surface area contributed by atoms with Gasteiger partial charge in [0.1, 0.15) is 11.6 Å². The van der Waals surface area contributed by atoms with Crippen molar-refractivity contribution in [3.05, 3.63) is 29.6 Å². The van der Waals surface area contributed by atoms with Crippen molar-refractivity contribution in [2.45, 2.75) is 12.8 Å². The number of nitrogens with one attached hydrogen (secondary N) is 1. The summed E-state index contributed by atoms with van der Waals surface area (Å²) < 4.78 is 17.6. The lowest BCUT2D eigenvalue weighted by atomic mass is 10.1. The average Bonchev–Trinajstić information content (AvgIpc) is 2.61. The number of hydrogen-bond donors (Lipinski definition) is 2. The number of aryl methyl sites for hydroxylation is 1. The Balaban J connectivity index is 2.33. The highest BCUT2D eigenvalue weighted by atomic mass is 19.1. The molecule has 0 aliphatic rings. The fraction of sp³-hybridized carbons (Fsp3) is 0.250. The Morgan fingerprint density at radius 1 is 1.53 bits per heavy atom. The number of carbonyl (C=O) groups excluding carboxylic acids is 1. The topological polar surface area (TPSA) is 68.1 Å². The molecule has 0 atom stereocenters. The Kier molecular flexibility index (Phi) is 2.99. The summed E-state index contributed by atoms with van der Waals surface area (Å²) >= 11 is 0. The number of anilines is 1. The summed E-state index contributed by atoms with van der Waals surface area (Å²) in [6.07, 6.45) is 0.731. The summed E-state index contributed by atoms with van der Waals surface area (Å²) in [5.41, 5.74) is 7.27. The first-order valence-electron chi connectivity index (χ1n) is 5.24. The molecule has 0 aliphatic heterocycles. The number of nitrogen functional groups attached to an aromatic ring is 1. The summed E-state index contributed by atoms with van der Waals surface area (Å²) in [5.74, 6) is -0.145. The number of aromatic amines is 1. The average molecular weight is 236 g/mol. The Hall–Kier alpha value is -2.04. The first kappa shape index (κ1) is 11.4. The maximum absolute atomic E-state index is 13.0. The second-order valence-corrected chi connectivity index (χ2v) is 3.78. The van der Waals surface area contributed by atoms with Gasteiger partial charge in [-0.1, -0.05) is 0 Å². The molecular formula is C12H13FN2O2. The molecule has 0 unspecified atom stereocenters. The van der Waals surface area contributed by atoms with Gasteiger partial charge in [-0.15, -0.1) is 0 Å². The van der Waals surface area contributed by atoms with E-state index < -0.39 is 0 Å². The molecule has 0 spiro atoms. The molecule has 2 rings (SSSR count). The van der Waals surface area contributed by atoms with Crippen molar-refractivity contribution in [3.8, 4) is 0 Å². The SMILES string of the molecule is COC(=O)CCc1c(N)[nH]c2cc(F)ccc12. The Labute approximate surface area is 97.6 Å². The second kappa shape index (κ2) is 4.45. The Bertz CT molecular complexity index is 563. The van der Waals surface area contributed by atoms with Crippen LogP contribution >= 0.6 is 0 Å². The summed E-state index contributed by atoms with van der Waals surface area (Å²) in [6, 6.07) is 4.41. The molecule has 3 N–H and O–H groups in total. The van der Waals surface area contributed by atoms with E-state index in [0.29, 0.717) is 17.8 Å². The minimum Gasteiger partial charge on any atom is -0.469 e. The van der Waals surface area contributed by atoms with Crippen LogP contribution in [0.25, 0.3) is 10.9 Å². The predicted octanol–water partition coefficient (Wildman–Crippen LogP) is 1.99. The first-order chi connectivity index (χ1) is 8.11. The molecule has 0 bridgehead atoms. The fourth-order valence-corrected chi connectivity index (χ4v) is 1.85. The molecule has 0 saturated carbocycles. The van der Waals surface area contributed by atoms with E-state index in [1.165, 1.54) is 19.2 Å². The van der Waals surface area contributed by atoms with Crippen molar-refractivity contribution < 1.29 is 13.9 Å². The third-order valence-electron chi connectivity index (χ3n) is 2.71. The molecule has 1 heterocycles. The third kappa shape index (κ3) is 2.22. The van der Waals surface area contributed by atoms with Gasteiger partial charge in [0.2, 0.25) is 0 Å². The number of esters is 1. The summed E-state index contributed by atoms with van der Waals surface area (Å²) in [6.45, 7) is 0. The van der Waals surface area contributed by atoms with Crippen molar-refractivity contribution >= 4 is 22.7 Å². The number of hydrogen-bond acceptors (Lipinski definition) is 3. The van der Waals surface area contributed by atoms with E-state index in [0.717, 1.165) is 10.9 Å². The van der Waals surface area contributed by atoms with Crippen molar-refractivity contribution in [3.63, 3.8) is 0 Å². The van der Waals surface area contributed by atoms with Gasteiger partial charge < -0.3 is 15.5 Å². The molecule has 0 fully saturated rings. The molecule has 0 amide bonds. The van der Waals surface area contributed by atoms with Crippen LogP contribution in [0.4, 0.5) is 10.2 Å². The lowest BCUT2D eigenvalue weighted by molar-refractivity contribution is -0.140. The van der Waals surface area contributed by atoms with Gasteiger partial charge in [-0.05, 0) is 24.6 Å². The first-order valence-corrected chi connectivity index (χ1v) is 5.24. The molecule has 0 saturated heterocycles. The van der Waals surface area contributed by atoms with Crippen LogP contribution in [0.5, 0.6) is 0 Å². The molecule has 4 nitrogen and oxygen atoms in total. The molecule has 0 aliphatic carbocycles. The monoisotopic (exact) mass is 236 g/mol. The van der Waals surface area contributed by atoms with Gasteiger partial charge in [-0.3, -0.25) is 4.79 Å². The second-order valence-electron chi connectivity index (χ2n) is 3.78. The number of aromatic nitrogens is 1.